The van der Waals surface area contributed by atoms with Gasteiger partial charge in [0.1, 0.15) is 34.8 Å². The van der Waals surface area contributed by atoms with Crippen molar-refractivity contribution in [1.82, 2.24) is 19.9 Å². The van der Waals surface area contributed by atoms with E-state index >= 15 is 4.39 Å². The highest BCUT2D eigenvalue weighted by atomic mass is 19.1. The normalized spacial score (nSPS) is 20.3. The number of morpholine rings is 1. The number of hydrogen-bond acceptors (Lipinski definition) is 8. The molecular weight excluding hydrogens is 547 g/mol. The van der Waals surface area contributed by atoms with Gasteiger partial charge in [0, 0.05) is 42.8 Å². The minimum Gasteiger partial charge on any atom is -0.508 e. The molecular formula is C31H30F3N5O3. The summed E-state index contributed by atoms with van der Waals surface area (Å²) < 4.78 is 53.6. The van der Waals surface area contributed by atoms with Gasteiger partial charge in [0.2, 0.25) is 0 Å². The van der Waals surface area contributed by atoms with Crippen LogP contribution in [0.2, 0.25) is 0 Å². The van der Waals surface area contributed by atoms with Crippen LogP contribution in [0.3, 0.4) is 0 Å². The molecule has 2 aromatic heterocycles. The molecule has 0 aliphatic carbocycles. The number of halogens is 3. The Morgan fingerprint density at radius 1 is 1.14 bits per heavy atom. The number of aromatic hydroxyl groups is 1. The smallest absolute Gasteiger partial charge is 0.318 e. The standard InChI is InChI=1S/C24H18F2N4O3.C7H12FN/c1-3-15-18(25)5-4-13-10-14(31)11-16(19(13)15)21-20(26)22-17(12-27-21)23(29-24(28-22)32-2)30-6-8-33-9-7-30;8-6-4-7-2-1-3-9(7)5-6/h1,4-5,10-12,31H,6-9H2,2H3;6-7H,1-5H2. The van der Waals surface area contributed by atoms with E-state index in [0.717, 1.165) is 13.0 Å². The lowest BCUT2D eigenvalue weighted by atomic mass is 9.96. The van der Waals surface area contributed by atoms with Crippen molar-refractivity contribution in [2.45, 2.75) is 31.5 Å². The molecule has 8 nitrogen and oxygen atoms in total. The number of phenolic OH excluding ortho intramolecular Hbond substituents is 1. The van der Waals surface area contributed by atoms with Crippen molar-refractivity contribution in [3.8, 4) is 35.4 Å². The molecule has 7 rings (SSSR count). The molecule has 42 heavy (non-hydrogen) atoms. The average molecular weight is 578 g/mol. The third-order valence-electron chi connectivity index (χ3n) is 8.05. The fourth-order valence-electron chi connectivity index (χ4n) is 6.10. The summed E-state index contributed by atoms with van der Waals surface area (Å²) in [5, 5.41) is 11.4. The van der Waals surface area contributed by atoms with Gasteiger partial charge in [-0.05, 0) is 49.4 Å². The third kappa shape index (κ3) is 5.16. The molecule has 0 saturated carbocycles. The summed E-state index contributed by atoms with van der Waals surface area (Å²) in [6.45, 7) is 4.02. The van der Waals surface area contributed by atoms with Gasteiger partial charge in [-0.25, -0.2) is 13.2 Å². The number of rotatable bonds is 3. The zero-order chi connectivity index (χ0) is 29.4. The van der Waals surface area contributed by atoms with Gasteiger partial charge in [-0.15, -0.1) is 6.42 Å². The van der Waals surface area contributed by atoms with Gasteiger partial charge < -0.3 is 19.5 Å². The maximum atomic E-state index is 15.9. The van der Waals surface area contributed by atoms with Gasteiger partial charge in [0.25, 0.3) is 0 Å². The zero-order valence-electron chi connectivity index (χ0n) is 23.1. The molecule has 3 aliphatic heterocycles. The first kappa shape index (κ1) is 28.0. The van der Waals surface area contributed by atoms with Crippen LogP contribution >= 0.6 is 0 Å². The molecule has 2 aromatic carbocycles. The van der Waals surface area contributed by atoms with Crippen molar-refractivity contribution >= 4 is 27.5 Å². The molecule has 5 heterocycles. The van der Waals surface area contributed by atoms with E-state index in [1.54, 1.807) is 0 Å². The number of alkyl halides is 1. The predicted octanol–water partition coefficient (Wildman–Crippen LogP) is 4.85. The summed E-state index contributed by atoms with van der Waals surface area (Å²) in [5.41, 5.74) is -0.0249. The first-order chi connectivity index (χ1) is 20.4. The predicted molar refractivity (Wildman–Crippen MR) is 153 cm³/mol. The summed E-state index contributed by atoms with van der Waals surface area (Å²) in [5.74, 6) is 1.28. The summed E-state index contributed by atoms with van der Waals surface area (Å²) in [4.78, 5) is 17.2. The molecule has 3 fully saturated rings. The Kier molecular flexibility index (Phi) is 7.75. The summed E-state index contributed by atoms with van der Waals surface area (Å²) in [6.07, 6.45) is 9.83. The molecule has 0 amide bonds. The third-order valence-corrected chi connectivity index (χ3v) is 8.05. The van der Waals surface area contributed by atoms with Crippen molar-refractivity contribution in [2.75, 3.05) is 51.4 Å². The fraction of sp³-hybridized carbons (Fsp3) is 0.387. The number of nitrogens with zero attached hydrogens (tertiary/aromatic N) is 5. The van der Waals surface area contributed by atoms with Crippen LogP contribution in [0.1, 0.15) is 24.8 Å². The number of ether oxygens (including phenoxy) is 2. The second-order valence-corrected chi connectivity index (χ2v) is 10.6. The maximum Gasteiger partial charge on any atom is 0.318 e. The van der Waals surface area contributed by atoms with Crippen LogP contribution in [0.4, 0.5) is 19.0 Å². The van der Waals surface area contributed by atoms with Gasteiger partial charge in [-0.3, -0.25) is 9.88 Å². The molecule has 218 valence electrons. The minimum atomic E-state index is -0.762. The van der Waals surface area contributed by atoms with Gasteiger partial charge in [-0.1, -0.05) is 12.0 Å². The first-order valence-electron chi connectivity index (χ1n) is 13.9. The number of phenols is 1. The van der Waals surface area contributed by atoms with E-state index in [2.05, 4.69) is 25.8 Å². The van der Waals surface area contributed by atoms with Gasteiger partial charge >= 0.3 is 6.01 Å². The summed E-state index contributed by atoms with van der Waals surface area (Å²) in [7, 11) is 1.40. The number of fused-ring (bicyclic) bond motifs is 3. The second-order valence-electron chi connectivity index (χ2n) is 10.6. The molecule has 3 aliphatic rings. The van der Waals surface area contributed by atoms with E-state index in [1.165, 1.54) is 50.4 Å². The Labute approximate surface area is 241 Å². The largest absolute Gasteiger partial charge is 0.508 e. The van der Waals surface area contributed by atoms with Crippen LogP contribution in [-0.4, -0.2) is 83.7 Å². The monoisotopic (exact) mass is 577 g/mol. The number of pyridine rings is 1. The lowest BCUT2D eigenvalue weighted by Gasteiger charge is -2.28. The van der Waals surface area contributed by atoms with Gasteiger partial charge in [0.15, 0.2) is 5.82 Å². The fourth-order valence-corrected chi connectivity index (χ4v) is 6.10. The molecule has 11 heteroatoms. The van der Waals surface area contributed by atoms with Gasteiger partial charge in [-0.2, -0.15) is 9.97 Å². The van der Waals surface area contributed by atoms with E-state index in [-0.39, 0.29) is 39.5 Å². The summed E-state index contributed by atoms with van der Waals surface area (Å²) in [6, 6.07) is 6.02. The Bertz CT molecular complexity index is 1680. The Balaban J connectivity index is 0.000000296. The topological polar surface area (TPSA) is 83.8 Å². The number of terminal acetylenes is 1. The van der Waals surface area contributed by atoms with Crippen molar-refractivity contribution in [1.29, 1.82) is 0 Å². The van der Waals surface area contributed by atoms with E-state index in [0.29, 0.717) is 55.5 Å². The zero-order valence-corrected chi connectivity index (χ0v) is 23.1. The minimum absolute atomic E-state index is 0.00355. The van der Waals surface area contributed by atoms with Crippen LogP contribution in [0.5, 0.6) is 11.8 Å². The number of anilines is 1. The van der Waals surface area contributed by atoms with E-state index in [9.17, 15) is 13.9 Å². The van der Waals surface area contributed by atoms with Crippen molar-refractivity contribution < 1.29 is 27.8 Å². The van der Waals surface area contributed by atoms with Crippen molar-refractivity contribution in [2.24, 2.45) is 0 Å². The molecule has 4 aromatic rings. The first-order valence-corrected chi connectivity index (χ1v) is 13.9. The molecule has 2 unspecified atom stereocenters. The molecule has 0 radical (unpaired) electrons. The molecule has 0 bridgehead atoms. The summed E-state index contributed by atoms with van der Waals surface area (Å²) >= 11 is 0. The lowest BCUT2D eigenvalue weighted by molar-refractivity contribution is 0.122. The van der Waals surface area contributed by atoms with Crippen LogP contribution in [0.15, 0.2) is 30.5 Å². The van der Waals surface area contributed by atoms with Crippen LogP contribution in [0.25, 0.3) is 32.9 Å². The maximum absolute atomic E-state index is 15.9. The Morgan fingerprint density at radius 2 is 1.95 bits per heavy atom. The number of methoxy groups -OCH3 is 1. The number of benzene rings is 2. The van der Waals surface area contributed by atoms with Crippen LogP contribution in [-0.2, 0) is 4.74 Å². The van der Waals surface area contributed by atoms with Crippen molar-refractivity contribution in [3.05, 3.63) is 47.7 Å². The van der Waals surface area contributed by atoms with E-state index < -0.39 is 17.8 Å². The van der Waals surface area contributed by atoms with E-state index in [4.69, 9.17) is 15.9 Å². The number of aromatic nitrogens is 3. The molecule has 3 saturated heterocycles. The highest BCUT2D eigenvalue weighted by molar-refractivity contribution is 6.03. The van der Waals surface area contributed by atoms with E-state index in [1.807, 2.05) is 4.90 Å². The lowest BCUT2D eigenvalue weighted by Crippen LogP contribution is -2.37. The second kappa shape index (κ2) is 11.6. The number of hydrogen-bond donors (Lipinski definition) is 1. The van der Waals surface area contributed by atoms with Crippen LogP contribution in [0, 0.1) is 24.0 Å². The molecule has 2 atom stereocenters. The molecule has 1 N–H and O–H groups in total. The van der Waals surface area contributed by atoms with Gasteiger partial charge in [0.05, 0.1) is 31.3 Å². The molecule has 0 spiro atoms. The Hall–Kier alpha value is -4.14. The SMILES string of the molecule is C#Cc1c(F)ccc2cc(O)cc(-c3ncc4c(N5CCOCC5)nc(OC)nc4c3F)c12.FC1CC2CCCN2C1. The highest BCUT2D eigenvalue weighted by Gasteiger charge is 2.34. The van der Waals surface area contributed by atoms with Crippen LogP contribution < -0.4 is 9.64 Å². The highest BCUT2D eigenvalue weighted by Crippen LogP contribution is 2.38. The quantitative estimate of drug-likeness (QED) is 0.346. The van der Waals surface area contributed by atoms with Crippen molar-refractivity contribution in [3.63, 3.8) is 0 Å². The average Bonchev–Trinajstić information content (AvgIpc) is 3.58. The Morgan fingerprint density at radius 3 is 2.69 bits per heavy atom.